The van der Waals surface area contributed by atoms with Gasteiger partial charge in [0.15, 0.2) is 0 Å². The molecule has 2 aromatic rings. The molecule has 0 atom stereocenters. The molecule has 2 N–H and O–H groups in total. The molecule has 0 saturated carbocycles. The highest BCUT2D eigenvalue weighted by atomic mass is 16.5. The Balaban J connectivity index is 2.52. The Morgan fingerprint density at radius 1 is 1.39 bits per heavy atom. The van der Waals surface area contributed by atoms with Crippen molar-refractivity contribution >= 4 is 5.82 Å². The number of ether oxygens (including phenoxy) is 1. The summed E-state index contributed by atoms with van der Waals surface area (Å²) in [6, 6.07) is 7.91. The molecular weight excluding hydrogens is 226 g/mol. The van der Waals surface area contributed by atoms with Crippen molar-refractivity contribution in [1.29, 1.82) is 0 Å². The predicted molar refractivity (Wildman–Crippen MR) is 73.6 cm³/mol. The van der Waals surface area contributed by atoms with Crippen LogP contribution in [0.1, 0.15) is 18.9 Å². The fourth-order valence-corrected chi connectivity index (χ4v) is 2.08. The first-order valence-electron chi connectivity index (χ1n) is 6.13. The number of nitrogen functional groups attached to an aromatic ring is 1. The van der Waals surface area contributed by atoms with Crippen molar-refractivity contribution in [2.45, 2.75) is 19.8 Å². The molecule has 4 heteroatoms. The van der Waals surface area contributed by atoms with E-state index in [0.29, 0.717) is 0 Å². The summed E-state index contributed by atoms with van der Waals surface area (Å²) in [5.74, 6) is 1.58. The summed E-state index contributed by atoms with van der Waals surface area (Å²) in [4.78, 5) is 0. The van der Waals surface area contributed by atoms with Crippen molar-refractivity contribution in [1.82, 2.24) is 9.78 Å². The van der Waals surface area contributed by atoms with E-state index in [0.717, 1.165) is 41.2 Å². The summed E-state index contributed by atoms with van der Waals surface area (Å²) in [5, 5.41) is 4.51. The standard InChI is InChI=1S/C14H19N3O/c1-4-6-12-13(16-17(2)14(12)15)10-7-5-8-11(9-10)18-3/h5,7-9H,4,6,15H2,1-3H3. The van der Waals surface area contributed by atoms with Gasteiger partial charge in [-0.3, -0.25) is 4.68 Å². The van der Waals surface area contributed by atoms with E-state index in [1.807, 2.05) is 31.3 Å². The Morgan fingerprint density at radius 3 is 2.83 bits per heavy atom. The average Bonchev–Trinajstić information content (AvgIpc) is 2.68. The minimum absolute atomic E-state index is 0.745. The van der Waals surface area contributed by atoms with Crippen molar-refractivity contribution in [3.8, 4) is 17.0 Å². The molecule has 0 fully saturated rings. The zero-order valence-electron chi connectivity index (χ0n) is 11.1. The Kier molecular flexibility index (Phi) is 3.55. The number of aromatic nitrogens is 2. The minimum atomic E-state index is 0.745. The molecule has 0 spiro atoms. The summed E-state index contributed by atoms with van der Waals surface area (Å²) in [5.41, 5.74) is 9.19. The van der Waals surface area contributed by atoms with Crippen LogP contribution in [0.3, 0.4) is 0 Å². The second-order valence-corrected chi connectivity index (χ2v) is 4.32. The molecule has 0 amide bonds. The molecule has 0 unspecified atom stereocenters. The average molecular weight is 245 g/mol. The first-order valence-corrected chi connectivity index (χ1v) is 6.13. The van der Waals surface area contributed by atoms with Gasteiger partial charge >= 0.3 is 0 Å². The van der Waals surface area contributed by atoms with Crippen LogP contribution in [0.5, 0.6) is 5.75 Å². The molecule has 0 aliphatic carbocycles. The van der Waals surface area contributed by atoms with E-state index in [2.05, 4.69) is 12.0 Å². The number of rotatable bonds is 4. The Labute approximate surface area is 107 Å². The maximum absolute atomic E-state index is 6.07. The van der Waals surface area contributed by atoms with Crippen LogP contribution in [-0.2, 0) is 13.5 Å². The van der Waals surface area contributed by atoms with Crippen molar-refractivity contribution in [2.24, 2.45) is 7.05 Å². The van der Waals surface area contributed by atoms with Gasteiger partial charge in [0.25, 0.3) is 0 Å². The quantitative estimate of drug-likeness (QED) is 0.900. The topological polar surface area (TPSA) is 53.1 Å². The molecule has 18 heavy (non-hydrogen) atoms. The van der Waals surface area contributed by atoms with Crippen molar-refractivity contribution in [3.63, 3.8) is 0 Å². The maximum atomic E-state index is 6.07. The third-order valence-electron chi connectivity index (χ3n) is 3.04. The second-order valence-electron chi connectivity index (χ2n) is 4.32. The molecule has 2 rings (SSSR count). The Bertz CT molecular complexity index is 546. The third kappa shape index (κ3) is 2.18. The van der Waals surface area contributed by atoms with Crippen LogP contribution in [0.15, 0.2) is 24.3 Å². The van der Waals surface area contributed by atoms with Crippen LogP contribution in [-0.4, -0.2) is 16.9 Å². The van der Waals surface area contributed by atoms with E-state index >= 15 is 0 Å². The maximum Gasteiger partial charge on any atom is 0.125 e. The van der Waals surface area contributed by atoms with Gasteiger partial charge in [-0.25, -0.2) is 0 Å². The first-order chi connectivity index (χ1) is 8.67. The molecule has 1 aromatic carbocycles. The SMILES string of the molecule is CCCc1c(-c2cccc(OC)c2)nn(C)c1N. The largest absolute Gasteiger partial charge is 0.497 e. The van der Waals surface area contributed by atoms with E-state index in [1.165, 1.54) is 0 Å². The summed E-state index contributed by atoms with van der Waals surface area (Å²) in [7, 11) is 3.54. The van der Waals surface area contributed by atoms with Crippen molar-refractivity contribution in [2.75, 3.05) is 12.8 Å². The first kappa shape index (κ1) is 12.5. The van der Waals surface area contributed by atoms with E-state index < -0.39 is 0 Å². The van der Waals surface area contributed by atoms with Crippen LogP contribution in [0.2, 0.25) is 0 Å². The van der Waals surface area contributed by atoms with Gasteiger partial charge in [-0.2, -0.15) is 5.10 Å². The zero-order chi connectivity index (χ0) is 13.1. The monoisotopic (exact) mass is 245 g/mol. The van der Waals surface area contributed by atoms with Crippen molar-refractivity contribution < 1.29 is 4.74 Å². The van der Waals surface area contributed by atoms with Gasteiger partial charge in [0.1, 0.15) is 11.6 Å². The third-order valence-corrected chi connectivity index (χ3v) is 3.04. The highest BCUT2D eigenvalue weighted by molar-refractivity contribution is 5.69. The van der Waals surface area contributed by atoms with E-state index in [-0.39, 0.29) is 0 Å². The molecule has 1 heterocycles. The van der Waals surface area contributed by atoms with Gasteiger partial charge in [0.05, 0.1) is 12.8 Å². The lowest BCUT2D eigenvalue weighted by Crippen LogP contribution is -1.99. The Morgan fingerprint density at radius 2 is 2.17 bits per heavy atom. The predicted octanol–water partition coefficient (Wildman–Crippen LogP) is 2.63. The van der Waals surface area contributed by atoms with E-state index in [4.69, 9.17) is 10.5 Å². The second kappa shape index (κ2) is 5.12. The van der Waals surface area contributed by atoms with Gasteiger partial charge in [-0.1, -0.05) is 25.5 Å². The fraction of sp³-hybridized carbons (Fsp3) is 0.357. The van der Waals surface area contributed by atoms with Crippen LogP contribution >= 0.6 is 0 Å². The number of benzene rings is 1. The summed E-state index contributed by atoms with van der Waals surface area (Å²) >= 11 is 0. The summed E-state index contributed by atoms with van der Waals surface area (Å²) in [6.45, 7) is 2.14. The van der Waals surface area contributed by atoms with Crippen molar-refractivity contribution in [3.05, 3.63) is 29.8 Å². The molecule has 0 bridgehead atoms. The highest BCUT2D eigenvalue weighted by Gasteiger charge is 2.14. The van der Waals surface area contributed by atoms with Crippen LogP contribution in [0, 0.1) is 0 Å². The van der Waals surface area contributed by atoms with Crippen LogP contribution in [0.25, 0.3) is 11.3 Å². The zero-order valence-corrected chi connectivity index (χ0v) is 11.1. The van der Waals surface area contributed by atoms with Crippen LogP contribution < -0.4 is 10.5 Å². The number of anilines is 1. The lowest BCUT2D eigenvalue weighted by atomic mass is 10.0. The fourth-order valence-electron chi connectivity index (χ4n) is 2.08. The van der Waals surface area contributed by atoms with E-state index in [1.54, 1.807) is 11.8 Å². The van der Waals surface area contributed by atoms with Crippen LogP contribution in [0.4, 0.5) is 5.82 Å². The van der Waals surface area contributed by atoms with Gasteiger partial charge in [0.2, 0.25) is 0 Å². The lowest BCUT2D eigenvalue weighted by Gasteiger charge is -2.04. The molecular formula is C14H19N3O. The number of aryl methyl sites for hydroxylation is 1. The highest BCUT2D eigenvalue weighted by Crippen LogP contribution is 2.29. The minimum Gasteiger partial charge on any atom is -0.497 e. The number of methoxy groups -OCH3 is 1. The van der Waals surface area contributed by atoms with Gasteiger partial charge in [-0.15, -0.1) is 0 Å². The summed E-state index contributed by atoms with van der Waals surface area (Å²) in [6.07, 6.45) is 1.99. The number of hydrogen-bond donors (Lipinski definition) is 1. The van der Waals surface area contributed by atoms with E-state index in [9.17, 15) is 0 Å². The molecule has 0 aliphatic heterocycles. The number of hydrogen-bond acceptors (Lipinski definition) is 3. The van der Waals surface area contributed by atoms with Gasteiger partial charge in [0, 0.05) is 18.2 Å². The number of nitrogens with zero attached hydrogens (tertiary/aromatic N) is 2. The molecule has 0 aliphatic rings. The Hall–Kier alpha value is -1.97. The molecule has 96 valence electrons. The number of nitrogens with two attached hydrogens (primary N) is 1. The lowest BCUT2D eigenvalue weighted by molar-refractivity contribution is 0.415. The van der Waals surface area contributed by atoms with Gasteiger partial charge in [-0.05, 0) is 18.6 Å². The molecule has 0 saturated heterocycles. The molecule has 0 radical (unpaired) electrons. The van der Waals surface area contributed by atoms with Gasteiger partial charge < -0.3 is 10.5 Å². The molecule has 4 nitrogen and oxygen atoms in total. The smallest absolute Gasteiger partial charge is 0.125 e. The normalized spacial score (nSPS) is 10.6. The summed E-state index contributed by atoms with van der Waals surface area (Å²) < 4.78 is 6.98. The molecule has 1 aromatic heterocycles.